The van der Waals surface area contributed by atoms with E-state index in [-0.39, 0.29) is 18.6 Å². The van der Waals surface area contributed by atoms with Crippen molar-refractivity contribution in [3.05, 3.63) is 83.4 Å². The molecule has 0 unspecified atom stereocenters. The van der Waals surface area contributed by atoms with Crippen LogP contribution in [-0.4, -0.2) is 39.9 Å². The molecule has 4 atom stereocenters. The van der Waals surface area contributed by atoms with E-state index >= 15 is 0 Å². The van der Waals surface area contributed by atoms with E-state index in [1.807, 2.05) is 26.1 Å². The number of nitrogens with zero attached hydrogens (tertiary/aromatic N) is 1. The van der Waals surface area contributed by atoms with Crippen LogP contribution >= 0.6 is 0 Å². The second-order valence-electron chi connectivity index (χ2n) is 7.99. The average molecular weight is 394 g/mol. The molecule has 0 aliphatic carbocycles. The van der Waals surface area contributed by atoms with Crippen LogP contribution in [0.3, 0.4) is 0 Å². The Morgan fingerprint density at radius 3 is 2.10 bits per heavy atom. The molecule has 0 amide bonds. The SMILES string of the molecule is C[C@@H]([C@H](O)CN(C)[C@H](C)c1ccc2ccccc2c1)[C@@H](O)c1ccc(CO)cc1. The van der Waals surface area contributed by atoms with Gasteiger partial charge in [-0.3, -0.25) is 4.90 Å². The zero-order valence-corrected chi connectivity index (χ0v) is 17.4. The summed E-state index contributed by atoms with van der Waals surface area (Å²) in [6.45, 7) is 4.43. The first-order valence-corrected chi connectivity index (χ1v) is 10.2. The monoisotopic (exact) mass is 393 g/mol. The van der Waals surface area contributed by atoms with Crippen molar-refractivity contribution in [2.24, 2.45) is 5.92 Å². The third-order valence-electron chi connectivity index (χ3n) is 6.00. The largest absolute Gasteiger partial charge is 0.392 e. The van der Waals surface area contributed by atoms with Gasteiger partial charge >= 0.3 is 0 Å². The van der Waals surface area contributed by atoms with Gasteiger partial charge in [0.05, 0.1) is 18.8 Å². The van der Waals surface area contributed by atoms with Gasteiger partial charge in [0.1, 0.15) is 0 Å². The Balaban J connectivity index is 1.65. The van der Waals surface area contributed by atoms with Crippen LogP contribution in [-0.2, 0) is 6.61 Å². The summed E-state index contributed by atoms with van der Waals surface area (Å²) in [6, 6.07) is 22.1. The number of fused-ring (bicyclic) bond motifs is 1. The summed E-state index contributed by atoms with van der Waals surface area (Å²) in [5, 5.41) is 33.0. The quantitative estimate of drug-likeness (QED) is 0.540. The summed E-state index contributed by atoms with van der Waals surface area (Å²) in [5.41, 5.74) is 2.75. The van der Waals surface area contributed by atoms with Gasteiger partial charge in [-0.2, -0.15) is 0 Å². The van der Waals surface area contributed by atoms with Gasteiger partial charge < -0.3 is 15.3 Å². The van der Waals surface area contributed by atoms with Crippen molar-refractivity contribution >= 4 is 10.8 Å². The fourth-order valence-electron chi connectivity index (χ4n) is 3.68. The van der Waals surface area contributed by atoms with Crippen molar-refractivity contribution in [2.45, 2.75) is 38.7 Å². The predicted molar refractivity (Wildman–Crippen MR) is 117 cm³/mol. The molecule has 3 rings (SSSR count). The highest BCUT2D eigenvalue weighted by molar-refractivity contribution is 5.83. The van der Waals surface area contributed by atoms with Crippen molar-refractivity contribution in [1.29, 1.82) is 0 Å². The van der Waals surface area contributed by atoms with E-state index < -0.39 is 12.2 Å². The molecule has 29 heavy (non-hydrogen) atoms. The maximum Gasteiger partial charge on any atom is 0.0840 e. The molecule has 0 heterocycles. The number of rotatable bonds is 8. The molecular weight excluding hydrogens is 362 g/mol. The van der Waals surface area contributed by atoms with Gasteiger partial charge in [-0.1, -0.05) is 67.6 Å². The molecule has 0 saturated carbocycles. The lowest BCUT2D eigenvalue weighted by Crippen LogP contribution is -2.37. The first-order chi connectivity index (χ1) is 13.9. The Morgan fingerprint density at radius 1 is 0.828 bits per heavy atom. The Bertz CT molecular complexity index is 925. The van der Waals surface area contributed by atoms with Crippen molar-refractivity contribution in [2.75, 3.05) is 13.6 Å². The van der Waals surface area contributed by atoms with E-state index in [1.165, 1.54) is 16.3 Å². The summed E-state index contributed by atoms with van der Waals surface area (Å²) in [7, 11) is 2.00. The number of benzene rings is 3. The average Bonchev–Trinajstić information content (AvgIpc) is 2.77. The summed E-state index contributed by atoms with van der Waals surface area (Å²) < 4.78 is 0. The van der Waals surface area contributed by atoms with Crippen molar-refractivity contribution in [3.8, 4) is 0 Å². The smallest absolute Gasteiger partial charge is 0.0840 e. The molecule has 0 fully saturated rings. The number of aliphatic hydroxyl groups excluding tert-OH is 3. The first-order valence-electron chi connectivity index (χ1n) is 10.2. The minimum atomic E-state index is -0.762. The van der Waals surface area contributed by atoms with Crippen molar-refractivity contribution < 1.29 is 15.3 Å². The Morgan fingerprint density at radius 2 is 1.45 bits per heavy atom. The second-order valence-corrected chi connectivity index (χ2v) is 7.99. The van der Waals surface area contributed by atoms with Crippen LogP contribution < -0.4 is 0 Å². The van der Waals surface area contributed by atoms with Gasteiger partial charge in [-0.25, -0.2) is 0 Å². The number of hydrogen-bond donors (Lipinski definition) is 3. The first kappa shape index (κ1) is 21.5. The normalized spacial score (nSPS) is 16.0. The van der Waals surface area contributed by atoms with Crippen LogP contribution in [0, 0.1) is 5.92 Å². The third kappa shape index (κ3) is 5.03. The lowest BCUT2D eigenvalue weighted by Gasteiger charge is -2.31. The third-order valence-corrected chi connectivity index (χ3v) is 6.00. The highest BCUT2D eigenvalue weighted by atomic mass is 16.3. The summed E-state index contributed by atoms with van der Waals surface area (Å²) in [4.78, 5) is 2.12. The van der Waals surface area contributed by atoms with E-state index in [4.69, 9.17) is 5.11 Å². The fraction of sp³-hybridized carbons (Fsp3) is 0.360. The standard InChI is InChI=1S/C25H31NO3/c1-17(25(29)21-10-8-19(16-27)9-11-21)24(28)15-26(3)18(2)22-13-12-20-6-4-5-7-23(20)14-22/h4-14,17-18,24-25,27-29H,15-16H2,1-3H3/t17-,18+,24+,25+/m0/s1. The van der Waals surface area contributed by atoms with E-state index in [0.29, 0.717) is 6.54 Å². The molecule has 0 aromatic heterocycles. The molecule has 3 aromatic rings. The van der Waals surface area contributed by atoms with Crippen LogP contribution in [0.2, 0.25) is 0 Å². The Kier molecular flexibility index (Phi) is 7.04. The van der Waals surface area contributed by atoms with E-state index in [0.717, 1.165) is 11.1 Å². The second kappa shape index (κ2) is 9.51. The maximum atomic E-state index is 10.7. The number of likely N-dealkylation sites (N-methyl/N-ethyl adjacent to an activating group) is 1. The molecule has 3 N–H and O–H groups in total. The molecule has 0 radical (unpaired) electrons. The zero-order valence-electron chi connectivity index (χ0n) is 17.4. The van der Waals surface area contributed by atoms with Crippen LogP contribution in [0.5, 0.6) is 0 Å². The highest BCUT2D eigenvalue weighted by Crippen LogP contribution is 2.28. The van der Waals surface area contributed by atoms with E-state index in [2.05, 4.69) is 42.2 Å². The number of aliphatic hydroxyl groups is 3. The molecule has 0 spiro atoms. The summed E-state index contributed by atoms with van der Waals surface area (Å²) in [6.07, 6.45) is -1.43. The van der Waals surface area contributed by atoms with Crippen LogP contribution in [0.4, 0.5) is 0 Å². The Hall–Kier alpha value is -2.24. The van der Waals surface area contributed by atoms with Gasteiger partial charge in [0.25, 0.3) is 0 Å². The summed E-state index contributed by atoms with van der Waals surface area (Å²) >= 11 is 0. The topological polar surface area (TPSA) is 63.9 Å². The molecular formula is C25H31NO3. The van der Waals surface area contributed by atoms with Gasteiger partial charge in [0, 0.05) is 18.5 Å². The zero-order chi connectivity index (χ0) is 21.0. The highest BCUT2D eigenvalue weighted by Gasteiger charge is 2.26. The molecule has 4 heteroatoms. The molecule has 154 valence electrons. The van der Waals surface area contributed by atoms with Gasteiger partial charge in [-0.05, 0) is 47.5 Å². The predicted octanol–water partition coefficient (Wildman–Crippen LogP) is 4.06. The lowest BCUT2D eigenvalue weighted by atomic mass is 9.91. The minimum absolute atomic E-state index is 0.0218. The lowest BCUT2D eigenvalue weighted by molar-refractivity contribution is 0.000272. The van der Waals surface area contributed by atoms with E-state index in [9.17, 15) is 10.2 Å². The molecule has 3 aromatic carbocycles. The van der Waals surface area contributed by atoms with E-state index in [1.54, 1.807) is 24.3 Å². The molecule has 0 aliphatic rings. The minimum Gasteiger partial charge on any atom is -0.392 e. The van der Waals surface area contributed by atoms with Crippen LogP contribution in [0.15, 0.2) is 66.7 Å². The molecule has 0 aliphatic heterocycles. The van der Waals surface area contributed by atoms with Crippen molar-refractivity contribution in [3.63, 3.8) is 0 Å². The van der Waals surface area contributed by atoms with Gasteiger partial charge in [0.2, 0.25) is 0 Å². The van der Waals surface area contributed by atoms with Gasteiger partial charge in [-0.15, -0.1) is 0 Å². The molecule has 4 nitrogen and oxygen atoms in total. The Labute approximate surface area is 173 Å². The molecule has 0 saturated heterocycles. The van der Waals surface area contributed by atoms with Crippen LogP contribution in [0.25, 0.3) is 10.8 Å². The number of hydrogen-bond acceptors (Lipinski definition) is 4. The van der Waals surface area contributed by atoms with Crippen LogP contribution in [0.1, 0.15) is 42.7 Å². The fourth-order valence-corrected chi connectivity index (χ4v) is 3.68. The summed E-state index contributed by atoms with van der Waals surface area (Å²) in [5.74, 6) is -0.318. The van der Waals surface area contributed by atoms with Crippen molar-refractivity contribution in [1.82, 2.24) is 4.90 Å². The maximum absolute atomic E-state index is 10.7. The van der Waals surface area contributed by atoms with Gasteiger partial charge in [0.15, 0.2) is 0 Å². The molecule has 0 bridgehead atoms.